The van der Waals surface area contributed by atoms with Crippen LogP contribution in [0.5, 0.6) is 0 Å². The van der Waals surface area contributed by atoms with E-state index < -0.39 is 0 Å². The first kappa shape index (κ1) is 21.2. The molecule has 0 saturated carbocycles. The Balaban J connectivity index is 1.88. The zero-order valence-corrected chi connectivity index (χ0v) is 17.5. The maximum Gasteiger partial charge on any atom is 0.219 e. The van der Waals surface area contributed by atoms with Crippen LogP contribution in [0.15, 0.2) is 54.9 Å². The van der Waals surface area contributed by atoms with Crippen molar-refractivity contribution in [2.45, 2.75) is 45.3 Å². The van der Waals surface area contributed by atoms with Crippen molar-refractivity contribution in [3.8, 4) is 0 Å². The van der Waals surface area contributed by atoms with Crippen LogP contribution in [0.2, 0.25) is 0 Å². The first-order valence-electron chi connectivity index (χ1n) is 10.3. The van der Waals surface area contributed by atoms with Gasteiger partial charge in [-0.05, 0) is 36.6 Å². The maximum atomic E-state index is 12.1. The van der Waals surface area contributed by atoms with Gasteiger partial charge in [0.15, 0.2) is 0 Å². The van der Waals surface area contributed by atoms with Crippen molar-refractivity contribution in [3.63, 3.8) is 0 Å². The van der Waals surface area contributed by atoms with Crippen LogP contribution in [0, 0.1) is 0 Å². The van der Waals surface area contributed by atoms with E-state index in [2.05, 4.69) is 46.3 Å². The molecule has 29 heavy (non-hydrogen) atoms. The lowest BCUT2D eigenvalue weighted by molar-refractivity contribution is -0.132. The van der Waals surface area contributed by atoms with Gasteiger partial charge in [-0.1, -0.05) is 42.5 Å². The SMILES string of the molecule is CC=Cc1ccc([C@@H]2[C@@H](CN(CC)C(C)=O)N(Cc3cccnc3)[C@H]2CO)cc1. The summed E-state index contributed by atoms with van der Waals surface area (Å²) in [5, 5.41) is 10.2. The summed E-state index contributed by atoms with van der Waals surface area (Å²) in [6, 6.07) is 12.7. The standard InChI is InChI=1S/C24H31N3O2/c1-4-7-19-9-11-21(12-10-19)24-22(16-26(5-2)18(3)29)27(23(24)17-28)15-20-8-6-13-25-14-20/h4,6-14,22-24,28H,5,15-17H2,1-3H3/t22-,23+,24-/m1/s1. The molecular weight excluding hydrogens is 362 g/mol. The molecule has 3 rings (SSSR count). The highest BCUT2D eigenvalue weighted by Gasteiger charge is 2.49. The van der Waals surface area contributed by atoms with Crippen molar-refractivity contribution in [1.82, 2.24) is 14.8 Å². The van der Waals surface area contributed by atoms with Gasteiger partial charge in [0.25, 0.3) is 0 Å². The monoisotopic (exact) mass is 393 g/mol. The van der Waals surface area contributed by atoms with E-state index in [0.29, 0.717) is 19.6 Å². The molecule has 0 unspecified atom stereocenters. The molecule has 154 valence electrons. The second-order valence-corrected chi connectivity index (χ2v) is 7.60. The average Bonchev–Trinajstić information content (AvgIpc) is 2.73. The van der Waals surface area contributed by atoms with Crippen LogP contribution >= 0.6 is 0 Å². The zero-order valence-electron chi connectivity index (χ0n) is 17.5. The summed E-state index contributed by atoms with van der Waals surface area (Å²) >= 11 is 0. The number of carbonyl (C=O) groups is 1. The molecule has 2 aromatic rings. The minimum Gasteiger partial charge on any atom is -0.395 e. The smallest absolute Gasteiger partial charge is 0.219 e. The summed E-state index contributed by atoms with van der Waals surface area (Å²) in [5.74, 6) is 0.271. The van der Waals surface area contributed by atoms with E-state index in [9.17, 15) is 9.90 Å². The Kier molecular flexibility index (Phi) is 7.18. The van der Waals surface area contributed by atoms with E-state index in [1.54, 1.807) is 13.1 Å². The third-order valence-electron chi connectivity index (χ3n) is 5.87. The van der Waals surface area contributed by atoms with Crippen LogP contribution in [0.3, 0.4) is 0 Å². The number of hydrogen-bond donors (Lipinski definition) is 1. The number of carbonyl (C=O) groups excluding carboxylic acids is 1. The Morgan fingerprint density at radius 3 is 2.55 bits per heavy atom. The van der Waals surface area contributed by atoms with Crippen LogP contribution in [-0.4, -0.2) is 57.6 Å². The third-order valence-corrected chi connectivity index (χ3v) is 5.87. The van der Waals surface area contributed by atoms with Gasteiger partial charge in [0.05, 0.1) is 6.61 Å². The maximum absolute atomic E-state index is 12.1. The number of allylic oxidation sites excluding steroid dienone is 1. The van der Waals surface area contributed by atoms with Gasteiger partial charge in [-0.3, -0.25) is 14.7 Å². The molecule has 1 aliphatic heterocycles. The Morgan fingerprint density at radius 2 is 2.00 bits per heavy atom. The van der Waals surface area contributed by atoms with Crippen molar-refractivity contribution in [3.05, 3.63) is 71.6 Å². The molecular formula is C24H31N3O2. The molecule has 1 saturated heterocycles. The second-order valence-electron chi connectivity index (χ2n) is 7.60. The lowest BCUT2D eigenvalue weighted by atomic mass is 9.74. The Labute approximate surface area is 173 Å². The molecule has 5 heteroatoms. The Morgan fingerprint density at radius 1 is 1.24 bits per heavy atom. The summed E-state index contributed by atoms with van der Waals surface area (Å²) in [7, 11) is 0. The van der Waals surface area contributed by atoms with E-state index in [0.717, 1.165) is 5.56 Å². The molecule has 1 aromatic heterocycles. The summed E-state index contributed by atoms with van der Waals surface area (Å²) < 4.78 is 0. The van der Waals surface area contributed by atoms with Gasteiger partial charge in [0.2, 0.25) is 5.91 Å². The quantitative estimate of drug-likeness (QED) is 0.748. The summed E-state index contributed by atoms with van der Waals surface area (Å²) in [4.78, 5) is 20.5. The molecule has 1 fully saturated rings. The lowest BCUT2D eigenvalue weighted by Crippen LogP contribution is -2.66. The molecule has 1 aliphatic rings. The van der Waals surface area contributed by atoms with Crippen molar-refractivity contribution in [2.24, 2.45) is 0 Å². The molecule has 2 heterocycles. The summed E-state index contributed by atoms with van der Waals surface area (Å²) in [5.41, 5.74) is 3.49. The fourth-order valence-corrected chi connectivity index (χ4v) is 4.36. The molecule has 0 spiro atoms. The van der Waals surface area contributed by atoms with Gasteiger partial charge >= 0.3 is 0 Å². The summed E-state index contributed by atoms with van der Waals surface area (Å²) in [6.07, 6.45) is 7.74. The molecule has 0 aliphatic carbocycles. The van der Waals surface area contributed by atoms with Crippen molar-refractivity contribution >= 4 is 12.0 Å². The van der Waals surface area contributed by atoms with Gasteiger partial charge in [0, 0.05) is 57.0 Å². The number of pyridine rings is 1. The van der Waals surface area contributed by atoms with Crippen molar-refractivity contribution in [2.75, 3.05) is 19.7 Å². The summed E-state index contributed by atoms with van der Waals surface area (Å²) in [6.45, 7) is 7.78. The van der Waals surface area contributed by atoms with Crippen LogP contribution in [0.4, 0.5) is 0 Å². The first-order valence-corrected chi connectivity index (χ1v) is 10.3. The molecule has 1 amide bonds. The highest BCUT2D eigenvalue weighted by atomic mass is 16.3. The van der Waals surface area contributed by atoms with Crippen molar-refractivity contribution < 1.29 is 9.90 Å². The molecule has 0 radical (unpaired) electrons. The number of likely N-dealkylation sites (tertiary alicyclic amines) is 1. The normalized spacial score (nSPS) is 21.9. The Bertz CT molecular complexity index is 820. The number of benzene rings is 1. The molecule has 0 bridgehead atoms. The number of likely N-dealkylation sites (N-methyl/N-ethyl adjacent to an activating group) is 1. The first-order chi connectivity index (χ1) is 14.1. The molecule has 5 nitrogen and oxygen atoms in total. The minimum atomic E-state index is 0.0263. The number of aromatic nitrogens is 1. The highest BCUT2D eigenvalue weighted by molar-refractivity contribution is 5.73. The van der Waals surface area contributed by atoms with Crippen LogP contribution < -0.4 is 0 Å². The van der Waals surface area contributed by atoms with Crippen LogP contribution in [0.25, 0.3) is 6.08 Å². The number of aliphatic hydroxyl groups is 1. The zero-order chi connectivity index (χ0) is 20.8. The predicted molar refractivity (Wildman–Crippen MR) is 116 cm³/mol. The number of aliphatic hydroxyl groups excluding tert-OH is 1. The fourth-order valence-electron chi connectivity index (χ4n) is 4.36. The van der Waals surface area contributed by atoms with Gasteiger partial charge < -0.3 is 10.0 Å². The predicted octanol–water partition coefficient (Wildman–Crippen LogP) is 3.31. The van der Waals surface area contributed by atoms with Crippen LogP contribution in [-0.2, 0) is 11.3 Å². The van der Waals surface area contributed by atoms with Crippen LogP contribution in [0.1, 0.15) is 43.4 Å². The molecule has 1 N–H and O–H groups in total. The average molecular weight is 394 g/mol. The second kappa shape index (κ2) is 9.81. The van der Waals surface area contributed by atoms with Gasteiger partial charge in [-0.25, -0.2) is 0 Å². The molecule has 3 atom stereocenters. The van der Waals surface area contributed by atoms with E-state index in [1.165, 1.54) is 11.1 Å². The van der Waals surface area contributed by atoms with Gasteiger partial charge in [-0.15, -0.1) is 0 Å². The van der Waals surface area contributed by atoms with Gasteiger partial charge in [-0.2, -0.15) is 0 Å². The Hall–Kier alpha value is -2.50. The minimum absolute atomic E-state index is 0.0263. The van der Waals surface area contributed by atoms with Gasteiger partial charge in [0.1, 0.15) is 0 Å². The molecule has 1 aromatic carbocycles. The highest BCUT2D eigenvalue weighted by Crippen LogP contribution is 2.42. The lowest BCUT2D eigenvalue weighted by Gasteiger charge is -2.56. The largest absolute Gasteiger partial charge is 0.395 e. The third kappa shape index (κ3) is 4.74. The van der Waals surface area contributed by atoms with E-state index in [4.69, 9.17) is 0 Å². The van der Waals surface area contributed by atoms with Crippen molar-refractivity contribution in [1.29, 1.82) is 0 Å². The van der Waals surface area contributed by atoms with E-state index in [-0.39, 0.29) is 30.5 Å². The van der Waals surface area contributed by atoms with E-state index >= 15 is 0 Å². The van der Waals surface area contributed by atoms with E-state index in [1.807, 2.05) is 37.1 Å². The number of hydrogen-bond acceptors (Lipinski definition) is 4. The topological polar surface area (TPSA) is 56.7 Å². The number of amides is 1. The fraction of sp³-hybridized carbons (Fsp3) is 0.417. The number of rotatable bonds is 8. The number of nitrogens with zero attached hydrogens (tertiary/aromatic N) is 3.